The Bertz CT molecular complexity index is 697. The van der Waals surface area contributed by atoms with Crippen LogP contribution in [0.2, 0.25) is 5.15 Å². The quantitative estimate of drug-likeness (QED) is 0.760. The van der Waals surface area contributed by atoms with Crippen molar-refractivity contribution in [3.63, 3.8) is 0 Å². The lowest BCUT2D eigenvalue weighted by Crippen LogP contribution is -2.05. The molecule has 3 rings (SSSR count). The fraction of sp³-hybridized carbons (Fsp3) is 0.286. The van der Waals surface area contributed by atoms with Crippen molar-refractivity contribution < 1.29 is 8.78 Å². The minimum atomic E-state index is -0.705. The molecule has 0 aliphatic heterocycles. The molecule has 0 bridgehead atoms. The van der Waals surface area contributed by atoms with Gasteiger partial charge in [0.15, 0.2) is 11.6 Å². The molecule has 0 unspecified atom stereocenters. The zero-order chi connectivity index (χ0) is 15.1. The molecule has 0 amide bonds. The second-order valence-electron chi connectivity index (χ2n) is 4.99. The summed E-state index contributed by atoms with van der Waals surface area (Å²) >= 11 is 9.12. The first kappa shape index (κ1) is 14.7. The van der Waals surface area contributed by atoms with E-state index in [0.717, 1.165) is 12.8 Å². The van der Waals surface area contributed by atoms with Gasteiger partial charge < -0.3 is 5.32 Å². The van der Waals surface area contributed by atoms with Crippen LogP contribution in [-0.2, 0) is 0 Å². The van der Waals surface area contributed by atoms with Gasteiger partial charge in [0, 0.05) is 16.0 Å². The van der Waals surface area contributed by atoms with Crippen LogP contribution >= 0.6 is 27.5 Å². The van der Waals surface area contributed by atoms with Crippen molar-refractivity contribution in [3.05, 3.63) is 44.8 Å². The highest BCUT2D eigenvalue weighted by molar-refractivity contribution is 9.10. The Balaban J connectivity index is 2.02. The molecule has 0 radical (unpaired) electrons. The van der Waals surface area contributed by atoms with Gasteiger partial charge in [-0.15, -0.1) is 0 Å². The van der Waals surface area contributed by atoms with Crippen molar-refractivity contribution in [2.45, 2.75) is 25.7 Å². The first-order valence-corrected chi connectivity index (χ1v) is 7.58. The van der Waals surface area contributed by atoms with Crippen LogP contribution in [0.1, 0.15) is 30.1 Å². The molecular weight excluding hydrogens is 364 g/mol. The van der Waals surface area contributed by atoms with Crippen LogP contribution in [0.4, 0.5) is 20.3 Å². The smallest absolute Gasteiger partial charge is 0.150 e. The topological polar surface area (TPSA) is 37.8 Å². The molecule has 1 aliphatic rings. The fourth-order valence-electron chi connectivity index (χ4n) is 1.93. The number of hydrogen-bond donors (Lipinski definition) is 1. The van der Waals surface area contributed by atoms with Crippen LogP contribution in [-0.4, -0.2) is 9.97 Å². The van der Waals surface area contributed by atoms with Gasteiger partial charge in [-0.25, -0.2) is 18.7 Å². The molecule has 1 aromatic heterocycles. The second kappa shape index (κ2) is 5.50. The average molecular weight is 375 g/mol. The van der Waals surface area contributed by atoms with E-state index in [1.54, 1.807) is 6.92 Å². The summed E-state index contributed by atoms with van der Waals surface area (Å²) in [4.78, 5) is 8.56. The summed E-state index contributed by atoms with van der Waals surface area (Å²) in [6.07, 6.45) is 2.03. The first-order valence-electron chi connectivity index (χ1n) is 6.41. The van der Waals surface area contributed by atoms with Gasteiger partial charge in [-0.1, -0.05) is 27.5 Å². The highest BCUT2D eigenvalue weighted by Crippen LogP contribution is 2.40. The highest BCUT2D eigenvalue weighted by Gasteiger charge is 2.28. The van der Waals surface area contributed by atoms with Gasteiger partial charge in [0.2, 0.25) is 0 Å². The Hall–Kier alpha value is -1.27. The Morgan fingerprint density at radius 2 is 1.86 bits per heavy atom. The molecule has 0 atom stereocenters. The fourth-order valence-corrected chi connectivity index (χ4v) is 2.51. The lowest BCUT2D eigenvalue weighted by atomic mass is 10.2. The van der Waals surface area contributed by atoms with Crippen molar-refractivity contribution in [2.24, 2.45) is 0 Å². The molecule has 1 aliphatic carbocycles. The minimum Gasteiger partial charge on any atom is -0.335 e. The van der Waals surface area contributed by atoms with Crippen molar-refractivity contribution in [2.75, 3.05) is 5.32 Å². The molecule has 0 spiro atoms. The Morgan fingerprint density at radius 3 is 2.43 bits per heavy atom. The van der Waals surface area contributed by atoms with Crippen LogP contribution in [0.5, 0.6) is 0 Å². The number of nitrogens with zero attached hydrogens (tertiary/aromatic N) is 2. The first-order chi connectivity index (χ1) is 9.95. The van der Waals surface area contributed by atoms with E-state index < -0.39 is 11.6 Å². The predicted octanol–water partition coefficient (Wildman–Crippen LogP) is 5.10. The maximum atomic E-state index is 13.9. The predicted molar refractivity (Wildman–Crippen MR) is 81.1 cm³/mol. The Labute approximate surface area is 133 Å². The molecule has 0 saturated heterocycles. The lowest BCUT2D eigenvalue weighted by molar-refractivity contribution is 0.589. The normalized spacial score (nSPS) is 14.3. The standard InChI is InChI=1S/C14H11BrClF2N3/c1-6-12(16)20-14(7-2-3-7)21-13(6)19-11-9(17)4-8(15)5-10(11)18/h4-5,7H,2-3H2,1H3,(H,19,20,21). The largest absolute Gasteiger partial charge is 0.335 e. The average Bonchev–Trinajstić information content (AvgIpc) is 3.22. The number of hydrogen-bond acceptors (Lipinski definition) is 3. The molecule has 1 aromatic carbocycles. The van der Waals surface area contributed by atoms with E-state index >= 15 is 0 Å². The van der Waals surface area contributed by atoms with Gasteiger partial charge in [-0.2, -0.15) is 0 Å². The number of halogens is 4. The van der Waals surface area contributed by atoms with E-state index in [0.29, 0.717) is 32.7 Å². The Kier molecular flexibility index (Phi) is 3.84. The zero-order valence-electron chi connectivity index (χ0n) is 11.1. The number of nitrogens with one attached hydrogen (secondary N) is 1. The van der Waals surface area contributed by atoms with E-state index in [1.807, 2.05) is 0 Å². The van der Waals surface area contributed by atoms with Gasteiger partial charge >= 0.3 is 0 Å². The molecule has 2 aromatic rings. The molecule has 1 saturated carbocycles. The van der Waals surface area contributed by atoms with E-state index in [-0.39, 0.29) is 5.69 Å². The van der Waals surface area contributed by atoms with Gasteiger partial charge in [0.25, 0.3) is 0 Å². The van der Waals surface area contributed by atoms with Gasteiger partial charge in [-0.05, 0) is 31.9 Å². The van der Waals surface area contributed by atoms with Gasteiger partial charge in [-0.3, -0.25) is 0 Å². The summed E-state index contributed by atoms with van der Waals surface area (Å²) in [5, 5.41) is 2.99. The summed E-state index contributed by atoms with van der Waals surface area (Å²) in [5.41, 5.74) is 0.306. The van der Waals surface area contributed by atoms with Crippen LogP contribution < -0.4 is 5.32 Å². The third-order valence-corrected chi connectivity index (χ3v) is 4.12. The molecular formula is C14H11BrClF2N3. The lowest BCUT2D eigenvalue weighted by Gasteiger charge is -2.13. The highest BCUT2D eigenvalue weighted by atomic mass is 79.9. The van der Waals surface area contributed by atoms with Crippen LogP contribution in [0.25, 0.3) is 0 Å². The van der Waals surface area contributed by atoms with Crippen molar-refractivity contribution >= 4 is 39.0 Å². The molecule has 1 fully saturated rings. The van der Waals surface area contributed by atoms with E-state index in [4.69, 9.17) is 11.6 Å². The molecule has 3 nitrogen and oxygen atoms in total. The summed E-state index contributed by atoms with van der Waals surface area (Å²) in [6.45, 7) is 1.70. The van der Waals surface area contributed by atoms with E-state index in [1.165, 1.54) is 12.1 Å². The molecule has 1 N–H and O–H groups in total. The van der Waals surface area contributed by atoms with Crippen LogP contribution in [0.3, 0.4) is 0 Å². The molecule has 7 heteroatoms. The Morgan fingerprint density at radius 1 is 1.24 bits per heavy atom. The maximum Gasteiger partial charge on any atom is 0.150 e. The zero-order valence-corrected chi connectivity index (χ0v) is 13.4. The third-order valence-electron chi connectivity index (χ3n) is 3.30. The number of rotatable bonds is 3. The van der Waals surface area contributed by atoms with Gasteiger partial charge in [0.1, 0.15) is 22.5 Å². The number of anilines is 2. The monoisotopic (exact) mass is 373 g/mol. The molecule has 110 valence electrons. The summed E-state index contributed by atoms with van der Waals surface area (Å²) in [6, 6.07) is 2.37. The number of benzene rings is 1. The number of aromatic nitrogens is 2. The van der Waals surface area contributed by atoms with Crippen molar-refractivity contribution in [3.8, 4) is 0 Å². The van der Waals surface area contributed by atoms with E-state index in [9.17, 15) is 8.78 Å². The maximum absolute atomic E-state index is 13.9. The summed E-state index contributed by atoms with van der Waals surface area (Å²) in [7, 11) is 0. The molecule has 21 heavy (non-hydrogen) atoms. The van der Waals surface area contributed by atoms with Crippen LogP contribution in [0.15, 0.2) is 16.6 Å². The van der Waals surface area contributed by atoms with Crippen molar-refractivity contribution in [1.82, 2.24) is 9.97 Å². The van der Waals surface area contributed by atoms with Gasteiger partial charge in [0.05, 0.1) is 0 Å². The van der Waals surface area contributed by atoms with E-state index in [2.05, 4.69) is 31.2 Å². The van der Waals surface area contributed by atoms with Crippen LogP contribution in [0, 0.1) is 18.6 Å². The second-order valence-corrected chi connectivity index (χ2v) is 6.26. The molecule has 1 heterocycles. The summed E-state index contributed by atoms with van der Waals surface area (Å²) in [5.74, 6) is -0.167. The van der Waals surface area contributed by atoms with Crippen molar-refractivity contribution in [1.29, 1.82) is 0 Å². The third kappa shape index (κ3) is 3.01. The minimum absolute atomic E-state index is 0.252. The SMILES string of the molecule is Cc1c(Cl)nc(C2CC2)nc1Nc1c(F)cc(Br)cc1F. The summed E-state index contributed by atoms with van der Waals surface area (Å²) < 4.78 is 28.1.